The molecule has 2 aliphatic rings. The molecule has 2 heterocycles. The minimum absolute atomic E-state index is 0.000172. The van der Waals surface area contributed by atoms with Gasteiger partial charge in [0.1, 0.15) is 0 Å². The summed E-state index contributed by atoms with van der Waals surface area (Å²) in [5.74, 6) is 0.228. The molecule has 2 saturated heterocycles. The topological polar surface area (TPSA) is 30.7 Å². The van der Waals surface area contributed by atoms with Gasteiger partial charge in [0.15, 0.2) is 5.78 Å². The van der Waals surface area contributed by atoms with Crippen molar-refractivity contribution in [3.63, 3.8) is 0 Å². The SMILES string of the molecule is CC1(C)C[C@]2(CCC[NH+](CCC(=O)c3ccc(Cl)cc3)C2)CCO1. The summed E-state index contributed by atoms with van der Waals surface area (Å²) < 4.78 is 5.92. The minimum Gasteiger partial charge on any atom is -0.376 e. The number of benzene rings is 1. The first-order valence-corrected chi connectivity index (χ1v) is 9.52. The molecule has 2 atom stereocenters. The van der Waals surface area contributed by atoms with E-state index in [0.717, 1.165) is 25.1 Å². The van der Waals surface area contributed by atoms with Gasteiger partial charge in [0, 0.05) is 22.6 Å². The molecule has 1 spiro atoms. The average Bonchev–Trinajstić information content (AvgIpc) is 2.52. The second-order valence-electron chi connectivity index (χ2n) is 8.25. The van der Waals surface area contributed by atoms with Gasteiger partial charge in [0.25, 0.3) is 0 Å². The minimum atomic E-state index is -0.000172. The zero-order valence-corrected chi connectivity index (χ0v) is 15.6. The van der Waals surface area contributed by atoms with E-state index in [-0.39, 0.29) is 11.4 Å². The molecule has 0 amide bonds. The smallest absolute Gasteiger partial charge is 0.168 e. The molecule has 4 heteroatoms. The van der Waals surface area contributed by atoms with Gasteiger partial charge in [-0.2, -0.15) is 0 Å². The molecule has 0 radical (unpaired) electrons. The monoisotopic (exact) mass is 350 g/mol. The Balaban J connectivity index is 1.56. The summed E-state index contributed by atoms with van der Waals surface area (Å²) in [6, 6.07) is 7.25. The molecule has 1 aromatic carbocycles. The van der Waals surface area contributed by atoms with Crippen LogP contribution in [0.15, 0.2) is 24.3 Å². The summed E-state index contributed by atoms with van der Waals surface area (Å²) in [7, 11) is 0. The van der Waals surface area contributed by atoms with Crippen LogP contribution < -0.4 is 4.90 Å². The Morgan fingerprint density at radius 2 is 2.00 bits per heavy atom. The van der Waals surface area contributed by atoms with Gasteiger partial charge in [0.2, 0.25) is 0 Å². The molecule has 0 bridgehead atoms. The van der Waals surface area contributed by atoms with E-state index in [1.807, 2.05) is 12.1 Å². The van der Waals surface area contributed by atoms with Gasteiger partial charge in [0.05, 0.1) is 31.7 Å². The number of piperidine rings is 1. The number of hydrogen-bond donors (Lipinski definition) is 1. The number of halogens is 1. The Labute approximate surface area is 150 Å². The molecule has 3 nitrogen and oxygen atoms in total. The van der Waals surface area contributed by atoms with Crippen LogP contribution in [0.3, 0.4) is 0 Å². The van der Waals surface area contributed by atoms with Gasteiger partial charge in [-0.05, 0) is 63.8 Å². The van der Waals surface area contributed by atoms with E-state index in [2.05, 4.69) is 13.8 Å². The predicted molar refractivity (Wildman–Crippen MR) is 96.9 cm³/mol. The quantitative estimate of drug-likeness (QED) is 0.845. The number of ether oxygens (including phenoxy) is 1. The number of carbonyl (C=O) groups is 1. The van der Waals surface area contributed by atoms with Crippen molar-refractivity contribution in [1.82, 2.24) is 0 Å². The number of nitrogens with one attached hydrogen (secondary N) is 1. The van der Waals surface area contributed by atoms with E-state index < -0.39 is 0 Å². The lowest BCUT2D eigenvalue weighted by molar-refractivity contribution is -0.912. The number of carbonyl (C=O) groups excluding carboxylic acids is 1. The van der Waals surface area contributed by atoms with Crippen LogP contribution in [0, 0.1) is 5.41 Å². The molecule has 24 heavy (non-hydrogen) atoms. The maximum absolute atomic E-state index is 12.4. The molecule has 2 aliphatic heterocycles. The van der Waals surface area contributed by atoms with Crippen molar-refractivity contribution in [2.75, 3.05) is 26.2 Å². The predicted octanol–water partition coefficient (Wildman–Crippen LogP) is 3.17. The lowest BCUT2D eigenvalue weighted by Gasteiger charge is -2.48. The third-order valence-electron chi connectivity index (χ3n) is 5.66. The van der Waals surface area contributed by atoms with E-state index >= 15 is 0 Å². The lowest BCUT2D eigenvalue weighted by atomic mass is 9.69. The molecule has 1 N–H and O–H groups in total. The van der Waals surface area contributed by atoms with Crippen molar-refractivity contribution >= 4 is 17.4 Å². The number of quaternary nitrogens is 1. The zero-order valence-electron chi connectivity index (χ0n) is 14.9. The summed E-state index contributed by atoms with van der Waals surface area (Å²) in [5, 5.41) is 0.678. The Bertz CT molecular complexity index is 580. The van der Waals surface area contributed by atoms with Gasteiger partial charge < -0.3 is 9.64 Å². The summed E-state index contributed by atoms with van der Waals surface area (Å²) in [6.45, 7) is 8.62. The highest BCUT2D eigenvalue weighted by atomic mass is 35.5. The molecule has 132 valence electrons. The molecule has 1 unspecified atom stereocenters. The first-order chi connectivity index (χ1) is 11.4. The second-order valence-corrected chi connectivity index (χ2v) is 8.68. The highest BCUT2D eigenvalue weighted by molar-refractivity contribution is 6.30. The number of rotatable bonds is 4. The van der Waals surface area contributed by atoms with Gasteiger partial charge in [-0.15, -0.1) is 0 Å². The zero-order chi connectivity index (χ0) is 17.2. The molecular weight excluding hydrogens is 322 g/mol. The number of hydrogen-bond acceptors (Lipinski definition) is 2. The van der Waals surface area contributed by atoms with Crippen LogP contribution in [0.5, 0.6) is 0 Å². The van der Waals surface area contributed by atoms with Gasteiger partial charge in [-0.3, -0.25) is 4.79 Å². The molecule has 1 aromatic rings. The average molecular weight is 351 g/mol. The van der Waals surface area contributed by atoms with Crippen molar-refractivity contribution in [2.45, 2.75) is 51.6 Å². The first kappa shape index (κ1) is 17.9. The molecular formula is C20H29ClNO2+. The Kier molecular flexibility index (Phi) is 5.33. The third-order valence-corrected chi connectivity index (χ3v) is 5.91. The van der Waals surface area contributed by atoms with Gasteiger partial charge in [-0.1, -0.05) is 11.6 Å². The van der Waals surface area contributed by atoms with Crippen molar-refractivity contribution < 1.29 is 14.4 Å². The standard InChI is InChI=1S/C20H28ClNO2/c1-19(2)14-20(10-13-24-19)9-3-11-22(15-20)12-8-18(23)16-4-6-17(21)7-5-16/h4-7H,3,8-15H2,1-2H3/p+1/t20-/m0/s1. The molecule has 3 rings (SSSR count). The third kappa shape index (κ3) is 4.38. The number of Topliss-reactive ketones (excluding diaryl/α,β-unsaturated/α-hetero) is 1. The molecule has 2 fully saturated rings. The van der Waals surface area contributed by atoms with Gasteiger partial charge >= 0.3 is 0 Å². The van der Waals surface area contributed by atoms with Crippen molar-refractivity contribution in [3.8, 4) is 0 Å². The number of ketones is 1. The Hall–Kier alpha value is -0.900. The van der Waals surface area contributed by atoms with Crippen LogP contribution in [0.1, 0.15) is 56.3 Å². The van der Waals surface area contributed by atoms with Crippen LogP contribution >= 0.6 is 11.6 Å². The fourth-order valence-corrected chi connectivity index (χ4v) is 4.78. The number of likely N-dealkylation sites (tertiary alicyclic amines) is 1. The van der Waals surface area contributed by atoms with Crippen molar-refractivity contribution in [3.05, 3.63) is 34.9 Å². The molecule has 0 aromatic heterocycles. The first-order valence-electron chi connectivity index (χ1n) is 9.14. The van der Waals surface area contributed by atoms with Crippen molar-refractivity contribution in [2.24, 2.45) is 5.41 Å². The van der Waals surface area contributed by atoms with Gasteiger partial charge in [-0.25, -0.2) is 0 Å². The van der Waals surface area contributed by atoms with E-state index in [1.165, 1.54) is 32.4 Å². The van der Waals surface area contributed by atoms with E-state index in [1.54, 1.807) is 17.0 Å². The Morgan fingerprint density at radius 3 is 2.71 bits per heavy atom. The van der Waals surface area contributed by atoms with Crippen LogP contribution in [-0.2, 0) is 4.74 Å². The van der Waals surface area contributed by atoms with E-state index in [9.17, 15) is 4.79 Å². The maximum Gasteiger partial charge on any atom is 0.168 e. The largest absolute Gasteiger partial charge is 0.376 e. The van der Waals surface area contributed by atoms with Crippen LogP contribution in [0.25, 0.3) is 0 Å². The normalized spacial score (nSPS) is 29.5. The summed E-state index contributed by atoms with van der Waals surface area (Å²) in [6.07, 6.45) is 5.52. The molecule has 0 saturated carbocycles. The molecule has 0 aliphatic carbocycles. The van der Waals surface area contributed by atoms with Crippen LogP contribution in [-0.4, -0.2) is 37.6 Å². The van der Waals surface area contributed by atoms with Crippen LogP contribution in [0.2, 0.25) is 5.02 Å². The lowest BCUT2D eigenvalue weighted by Crippen LogP contribution is -3.14. The summed E-state index contributed by atoms with van der Waals surface area (Å²) in [4.78, 5) is 14.0. The fraction of sp³-hybridized carbons (Fsp3) is 0.650. The summed E-state index contributed by atoms with van der Waals surface area (Å²) >= 11 is 5.90. The maximum atomic E-state index is 12.4. The fourth-order valence-electron chi connectivity index (χ4n) is 4.65. The summed E-state index contributed by atoms with van der Waals surface area (Å²) in [5.41, 5.74) is 1.19. The van der Waals surface area contributed by atoms with Crippen LogP contribution in [0.4, 0.5) is 0 Å². The highest BCUT2D eigenvalue weighted by Crippen LogP contribution is 2.42. The Morgan fingerprint density at radius 1 is 1.25 bits per heavy atom. The van der Waals surface area contributed by atoms with E-state index in [4.69, 9.17) is 16.3 Å². The second kappa shape index (κ2) is 7.15. The van der Waals surface area contributed by atoms with E-state index in [0.29, 0.717) is 16.9 Å². The van der Waals surface area contributed by atoms with Crippen molar-refractivity contribution in [1.29, 1.82) is 0 Å². The highest BCUT2D eigenvalue weighted by Gasteiger charge is 2.45.